The van der Waals surface area contributed by atoms with Crippen molar-refractivity contribution in [3.63, 3.8) is 0 Å². The van der Waals surface area contributed by atoms with Gasteiger partial charge < -0.3 is 10.1 Å². The van der Waals surface area contributed by atoms with Gasteiger partial charge in [-0.15, -0.1) is 0 Å². The first-order valence-corrected chi connectivity index (χ1v) is 6.72. The lowest BCUT2D eigenvalue weighted by Gasteiger charge is -2.34. The van der Waals surface area contributed by atoms with E-state index in [1.54, 1.807) is 13.8 Å². The second kappa shape index (κ2) is 6.13. The molecular formula is C15H16F2N2O3. The van der Waals surface area contributed by atoms with Crippen LogP contribution >= 0.6 is 0 Å². The smallest absolute Gasteiger partial charge is 0.337 e. The zero-order valence-corrected chi connectivity index (χ0v) is 12.4. The van der Waals surface area contributed by atoms with E-state index in [1.165, 1.54) is 18.1 Å². The highest BCUT2D eigenvalue weighted by atomic mass is 19.2. The molecule has 1 aliphatic rings. The van der Waals surface area contributed by atoms with Gasteiger partial charge in [0.1, 0.15) is 0 Å². The van der Waals surface area contributed by atoms with E-state index >= 15 is 0 Å². The van der Waals surface area contributed by atoms with Gasteiger partial charge in [0.2, 0.25) is 0 Å². The van der Waals surface area contributed by atoms with Crippen LogP contribution in [0.5, 0.6) is 0 Å². The number of esters is 1. The third-order valence-corrected chi connectivity index (χ3v) is 3.59. The second-order valence-electron chi connectivity index (χ2n) is 4.79. The first-order valence-electron chi connectivity index (χ1n) is 6.72. The van der Waals surface area contributed by atoms with Crippen LogP contribution in [0.25, 0.3) is 0 Å². The molecule has 1 aromatic rings. The van der Waals surface area contributed by atoms with E-state index in [9.17, 15) is 18.4 Å². The summed E-state index contributed by atoms with van der Waals surface area (Å²) < 4.78 is 31.3. The molecule has 7 heteroatoms. The van der Waals surface area contributed by atoms with Gasteiger partial charge in [-0.1, -0.05) is 6.07 Å². The van der Waals surface area contributed by atoms with E-state index < -0.39 is 29.7 Å². The number of benzene rings is 1. The number of methoxy groups -OCH3 is 1. The van der Waals surface area contributed by atoms with Crippen molar-refractivity contribution in [2.45, 2.75) is 19.9 Å². The highest BCUT2D eigenvalue weighted by molar-refractivity contribution is 5.94. The maximum absolute atomic E-state index is 13.5. The third-order valence-electron chi connectivity index (χ3n) is 3.59. The van der Waals surface area contributed by atoms with E-state index in [0.29, 0.717) is 12.2 Å². The molecule has 0 aromatic heterocycles. The summed E-state index contributed by atoms with van der Waals surface area (Å²) in [7, 11) is 1.22. The van der Waals surface area contributed by atoms with Crippen molar-refractivity contribution < 1.29 is 23.1 Å². The molecule has 0 spiro atoms. The van der Waals surface area contributed by atoms with E-state index in [4.69, 9.17) is 4.74 Å². The highest BCUT2D eigenvalue weighted by Gasteiger charge is 2.35. The van der Waals surface area contributed by atoms with Crippen LogP contribution in [-0.4, -0.2) is 30.6 Å². The number of allylic oxidation sites excluding steroid dienone is 1. The summed E-state index contributed by atoms with van der Waals surface area (Å²) >= 11 is 0. The van der Waals surface area contributed by atoms with Crippen molar-refractivity contribution in [1.82, 2.24) is 10.2 Å². The highest BCUT2D eigenvalue weighted by Crippen LogP contribution is 2.31. The van der Waals surface area contributed by atoms with Crippen LogP contribution in [0, 0.1) is 11.6 Å². The predicted octanol–water partition coefficient (Wildman–Crippen LogP) is 2.50. The molecule has 0 radical (unpaired) electrons. The molecule has 2 rings (SSSR count). The summed E-state index contributed by atoms with van der Waals surface area (Å²) in [5.74, 6) is -2.68. The summed E-state index contributed by atoms with van der Waals surface area (Å²) in [6.45, 7) is 3.74. The Kier molecular flexibility index (Phi) is 4.44. The van der Waals surface area contributed by atoms with Crippen molar-refractivity contribution in [1.29, 1.82) is 0 Å². The molecule has 1 aliphatic heterocycles. The fourth-order valence-electron chi connectivity index (χ4n) is 2.48. The average Bonchev–Trinajstić information content (AvgIpc) is 2.49. The first-order chi connectivity index (χ1) is 10.4. The minimum atomic E-state index is -1.05. The maximum Gasteiger partial charge on any atom is 0.337 e. The van der Waals surface area contributed by atoms with Crippen molar-refractivity contribution in [2.24, 2.45) is 0 Å². The Morgan fingerprint density at radius 1 is 1.36 bits per heavy atom. The molecule has 1 aromatic carbocycles. The van der Waals surface area contributed by atoms with Crippen molar-refractivity contribution in [3.05, 3.63) is 46.7 Å². The summed E-state index contributed by atoms with van der Waals surface area (Å²) in [4.78, 5) is 25.5. The van der Waals surface area contributed by atoms with E-state index in [1.807, 2.05) is 0 Å². The van der Waals surface area contributed by atoms with Gasteiger partial charge in [0.25, 0.3) is 0 Å². The van der Waals surface area contributed by atoms with Gasteiger partial charge in [-0.3, -0.25) is 4.90 Å². The van der Waals surface area contributed by atoms with Gasteiger partial charge in [0.05, 0.1) is 18.7 Å². The largest absolute Gasteiger partial charge is 0.466 e. The van der Waals surface area contributed by atoms with Gasteiger partial charge in [0.15, 0.2) is 11.6 Å². The monoisotopic (exact) mass is 310 g/mol. The molecule has 118 valence electrons. The van der Waals surface area contributed by atoms with Crippen LogP contribution in [0.3, 0.4) is 0 Å². The van der Waals surface area contributed by atoms with Crippen LogP contribution in [0.15, 0.2) is 29.5 Å². The zero-order chi connectivity index (χ0) is 16.4. The molecule has 2 amide bonds. The van der Waals surface area contributed by atoms with Crippen molar-refractivity contribution >= 4 is 12.0 Å². The molecule has 22 heavy (non-hydrogen) atoms. The number of halogens is 2. The Bertz CT molecular complexity index is 658. The Balaban J connectivity index is 2.57. The van der Waals surface area contributed by atoms with Gasteiger partial charge >= 0.3 is 12.0 Å². The summed E-state index contributed by atoms with van der Waals surface area (Å²) in [6.07, 6.45) is 0. The molecule has 1 unspecified atom stereocenters. The number of nitrogens with zero attached hydrogens (tertiary/aromatic N) is 1. The van der Waals surface area contributed by atoms with Gasteiger partial charge in [0, 0.05) is 12.2 Å². The SMILES string of the molecule is CCN1C(=O)NC(c2ccc(F)c(F)c2)C(C(=O)OC)=C1C. The lowest BCUT2D eigenvalue weighted by atomic mass is 9.95. The van der Waals surface area contributed by atoms with Crippen molar-refractivity contribution in [2.75, 3.05) is 13.7 Å². The summed E-state index contributed by atoms with van der Waals surface area (Å²) in [6, 6.07) is 1.92. The fourth-order valence-corrected chi connectivity index (χ4v) is 2.48. The Morgan fingerprint density at radius 2 is 2.05 bits per heavy atom. The van der Waals surface area contributed by atoms with E-state index in [-0.39, 0.29) is 11.1 Å². The molecule has 0 bridgehead atoms. The zero-order valence-electron chi connectivity index (χ0n) is 12.4. The Labute approximate surface area is 126 Å². The summed E-state index contributed by atoms with van der Waals surface area (Å²) in [5, 5.41) is 2.62. The Morgan fingerprint density at radius 3 is 2.59 bits per heavy atom. The molecule has 1 N–H and O–H groups in total. The predicted molar refractivity (Wildman–Crippen MR) is 74.7 cm³/mol. The quantitative estimate of drug-likeness (QED) is 0.873. The molecule has 0 saturated heterocycles. The van der Waals surface area contributed by atoms with Crippen LogP contribution in [0.4, 0.5) is 13.6 Å². The minimum absolute atomic E-state index is 0.190. The van der Waals surface area contributed by atoms with Gasteiger partial charge in [-0.2, -0.15) is 0 Å². The van der Waals surface area contributed by atoms with Gasteiger partial charge in [-0.05, 0) is 31.5 Å². The molecular weight excluding hydrogens is 294 g/mol. The molecule has 0 aliphatic carbocycles. The normalized spacial score (nSPS) is 18.3. The number of nitrogens with one attached hydrogen (secondary N) is 1. The molecule has 1 heterocycles. The molecule has 0 fully saturated rings. The average molecular weight is 310 g/mol. The standard InChI is InChI=1S/C15H16F2N2O3/c1-4-19-8(2)12(14(20)22-3)13(18-15(19)21)9-5-6-10(16)11(17)7-9/h5-7,13H,4H2,1-3H3,(H,18,21). The number of ether oxygens (including phenoxy) is 1. The van der Waals surface area contributed by atoms with E-state index in [0.717, 1.165) is 12.1 Å². The molecule has 1 atom stereocenters. The third kappa shape index (κ3) is 2.66. The topological polar surface area (TPSA) is 58.6 Å². The van der Waals surface area contributed by atoms with Crippen LogP contribution in [0.1, 0.15) is 25.5 Å². The van der Waals surface area contributed by atoms with Crippen LogP contribution in [0.2, 0.25) is 0 Å². The van der Waals surface area contributed by atoms with Crippen LogP contribution < -0.4 is 5.32 Å². The Hall–Kier alpha value is -2.44. The number of carbonyl (C=O) groups is 2. The number of hydrogen-bond acceptors (Lipinski definition) is 3. The maximum atomic E-state index is 13.5. The number of carbonyl (C=O) groups excluding carboxylic acids is 2. The minimum Gasteiger partial charge on any atom is -0.466 e. The second-order valence-corrected chi connectivity index (χ2v) is 4.79. The number of urea groups is 1. The number of rotatable bonds is 3. The lowest BCUT2D eigenvalue weighted by Crippen LogP contribution is -2.47. The lowest BCUT2D eigenvalue weighted by molar-refractivity contribution is -0.136. The van der Waals surface area contributed by atoms with E-state index in [2.05, 4.69) is 5.32 Å². The molecule has 0 saturated carbocycles. The number of hydrogen-bond donors (Lipinski definition) is 1. The molecule has 5 nitrogen and oxygen atoms in total. The summed E-state index contributed by atoms with van der Waals surface area (Å²) in [5.41, 5.74) is 0.880. The van der Waals surface area contributed by atoms with Gasteiger partial charge in [-0.25, -0.2) is 18.4 Å². The fraction of sp³-hybridized carbons (Fsp3) is 0.333. The first kappa shape index (κ1) is 15.9. The number of amides is 2. The van der Waals surface area contributed by atoms with Crippen LogP contribution in [-0.2, 0) is 9.53 Å². The van der Waals surface area contributed by atoms with Crippen molar-refractivity contribution in [3.8, 4) is 0 Å².